The number of nitrogens with zero attached hydrogens (tertiary/aromatic N) is 1. The molecule has 1 N–H and O–H groups in total. The Balaban J connectivity index is 1.99. The van der Waals surface area contributed by atoms with Gasteiger partial charge in [-0.1, -0.05) is 6.42 Å². The van der Waals surface area contributed by atoms with Gasteiger partial charge < -0.3 is 15.0 Å². The average molecular weight is 242 g/mol. The van der Waals surface area contributed by atoms with E-state index in [9.17, 15) is 0 Å². The Bertz CT molecular complexity index is 187. The molecule has 0 aromatic carbocycles. The molecule has 1 aliphatic rings. The molecule has 3 heteroatoms. The van der Waals surface area contributed by atoms with Crippen molar-refractivity contribution in [1.29, 1.82) is 0 Å². The minimum Gasteiger partial charge on any atom is -0.380 e. The van der Waals surface area contributed by atoms with Crippen LogP contribution in [0.4, 0.5) is 0 Å². The van der Waals surface area contributed by atoms with Crippen molar-refractivity contribution in [2.24, 2.45) is 0 Å². The quantitative estimate of drug-likeness (QED) is 0.661. The van der Waals surface area contributed by atoms with Crippen LogP contribution in [-0.2, 0) is 4.74 Å². The lowest BCUT2D eigenvalue weighted by atomic mass is 10.0. The summed E-state index contributed by atoms with van der Waals surface area (Å²) >= 11 is 0. The van der Waals surface area contributed by atoms with Crippen molar-refractivity contribution in [3.8, 4) is 0 Å². The topological polar surface area (TPSA) is 24.5 Å². The van der Waals surface area contributed by atoms with E-state index in [1.165, 1.54) is 38.8 Å². The number of hydrogen-bond acceptors (Lipinski definition) is 3. The third-order valence-corrected chi connectivity index (χ3v) is 3.63. The Hall–Kier alpha value is -0.120. The van der Waals surface area contributed by atoms with Crippen molar-refractivity contribution < 1.29 is 4.74 Å². The van der Waals surface area contributed by atoms with Crippen molar-refractivity contribution >= 4 is 0 Å². The summed E-state index contributed by atoms with van der Waals surface area (Å²) in [6.45, 7) is 11.9. The van der Waals surface area contributed by atoms with Gasteiger partial charge >= 0.3 is 0 Å². The van der Waals surface area contributed by atoms with Gasteiger partial charge in [-0.05, 0) is 59.7 Å². The molecule has 0 bridgehead atoms. The maximum absolute atomic E-state index is 5.39. The molecule has 2 atom stereocenters. The van der Waals surface area contributed by atoms with E-state index in [-0.39, 0.29) is 0 Å². The molecule has 0 aromatic heterocycles. The summed E-state index contributed by atoms with van der Waals surface area (Å²) in [5, 5.41) is 3.52. The number of hydrogen-bond donors (Lipinski definition) is 1. The summed E-state index contributed by atoms with van der Waals surface area (Å²) in [6, 6.07) is 1.28. The lowest BCUT2D eigenvalue weighted by Gasteiger charge is -2.33. The minimum absolute atomic E-state index is 0.480. The van der Waals surface area contributed by atoms with Crippen molar-refractivity contribution in [1.82, 2.24) is 10.2 Å². The summed E-state index contributed by atoms with van der Waals surface area (Å²) in [6.07, 6.45) is 5.44. The number of piperidine rings is 1. The van der Waals surface area contributed by atoms with Crippen LogP contribution in [0.15, 0.2) is 0 Å². The van der Waals surface area contributed by atoms with Crippen LogP contribution in [0.3, 0.4) is 0 Å². The third-order valence-electron chi connectivity index (χ3n) is 3.63. The molecule has 0 amide bonds. The Labute approximate surface area is 107 Å². The van der Waals surface area contributed by atoms with E-state index in [1.54, 1.807) is 0 Å². The first kappa shape index (κ1) is 14.9. The molecule has 0 aromatic rings. The summed E-state index contributed by atoms with van der Waals surface area (Å²) in [4.78, 5) is 2.64. The maximum atomic E-state index is 5.39. The Morgan fingerprint density at radius 1 is 1.41 bits per heavy atom. The fourth-order valence-corrected chi connectivity index (χ4v) is 2.47. The van der Waals surface area contributed by atoms with E-state index in [0.717, 1.165) is 25.8 Å². The van der Waals surface area contributed by atoms with Gasteiger partial charge in [-0.15, -0.1) is 0 Å². The fraction of sp³-hybridized carbons (Fsp3) is 1.00. The molecule has 17 heavy (non-hydrogen) atoms. The summed E-state index contributed by atoms with van der Waals surface area (Å²) in [5.74, 6) is 0. The molecule has 2 unspecified atom stereocenters. The molecule has 0 spiro atoms. The van der Waals surface area contributed by atoms with E-state index in [1.807, 2.05) is 6.92 Å². The second-order valence-electron chi connectivity index (χ2n) is 5.25. The van der Waals surface area contributed by atoms with E-state index in [2.05, 4.69) is 24.1 Å². The predicted molar refractivity (Wildman–Crippen MR) is 73.5 cm³/mol. The highest BCUT2D eigenvalue weighted by Gasteiger charge is 2.17. The molecule has 0 radical (unpaired) electrons. The zero-order valence-corrected chi connectivity index (χ0v) is 11.9. The highest BCUT2D eigenvalue weighted by molar-refractivity contribution is 4.73. The van der Waals surface area contributed by atoms with Gasteiger partial charge in [0, 0.05) is 18.7 Å². The lowest BCUT2D eigenvalue weighted by Crippen LogP contribution is -2.39. The first-order valence-electron chi connectivity index (χ1n) is 7.29. The number of nitrogens with one attached hydrogen (secondary N) is 1. The van der Waals surface area contributed by atoms with Crippen LogP contribution in [0.5, 0.6) is 0 Å². The SMILES string of the molecule is CCOCC(C)NCCCN1CCCCC1C. The molecule has 1 rings (SSSR count). The van der Waals surface area contributed by atoms with Crippen molar-refractivity contribution in [3.63, 3.8) is 0 Å². The van der Waals surface area contributed by atoms with E-state index >= 15 is 0 Å². The van der Waals surface area contributed by atoms with Crippen LogP contribution in [0, 0.1) is 0 Å². The smallest absolute Gasteiger partial charge is 0.0616 e. The Morgan fingerprint density at radius 2 is 2.24 bits per heavy atom. The van der Waals surface area contributed by atoms with Gasteiger partial charge in [0.05, 0.1) is 6.61 Å². The summed E-state index contributed by atoms with van der Waals surface area (Å²) < 4.78 is 5.39. The fourth-order valence-electron chi connectivity index (χ4n) is 2.47. The summed E-state index contributed by atoms with van der Waals surface area (Å²) in [5.41, 5.74) is 0. The van der Waals surface area contributed by atoms with E-state index in [0.29, 0.717) is 6.04 Å². The standard InChI is InChI=1S/C14H30N2O/c1-4-17-12-13(2)15-9-7-11-16-10-6-5-8-14(16)3/h13-15H,4-12H2,1-3H3. The highest BCUT2D eigenvalue weighted by atomic mass is 16.5. The van der Waals surface area contributed by atoms with Crippen molar-refractivity contribution in [2.75, 3.05) is 32.8 Å². The maximum Gasteiger partial charge on any atom is 0.0616 e. The van der Waals surface area contributed by atoms with Gasteiger partial charge in [0.25, 0.3) is 0 Å². The molecule has 0 saturated carbocycles. The van der Waals surface area contributed by atoms with Crippen LogP contribution in [0.25, 0.3) is 0 Å². The molecule has 1 heterocycles. The highest BCUT2D eigenvalue weighted by Crippen LogP contribution is 2.15. The van der Waals surface area contributed by atoms with Gasteiger partial charge in [0.2, 0.25) is 0 Å². The summed E-state index contributed by atoms with van der Waals surface area (Å²) in [7, 11) is 0. The van der Waals surface area contributed by atoms with Crippen LogP contribution in [0.1, 0.15) is 46.5 Å². The van der Waals surface area contributed by atoms with Gasteiger partial charge in [0.15, 0.2) is 0 Å². The zero-order chi connectivity index (χ0) is 12.5. The second kappa shape index (κ2) is 8.90. The number of ether oxygens (including phenoxy) is 1. The second-order valence-corrected chi connectivity index (χ2v) is 5.25. The van der Waals surface area contributed by atoms with Crippen molar-refractivity contribution in [2.45, 2.75) is 58.5 Å². The van der Waals surface area contributed by atoms with Gasteiger partial charge in [-0.25, -0.2) is 0 Å². The molecular formula is C14H30N2O. The van der Waals surface area contributed by atoms with Gasteiger partial charge in [-0.2, -0.15) is 0 Å². The first-order chi connectivity index (χ1) is 8.24. The number of likely N-dealkylation sites (tertiary alicyclic amines) is 1. The Kier molecular flexibility index (Phi) is 7.82. The van der Waals surface area contributed by atoms with Crippen LogP contribution in [-0.4, -0.2) is 49.8 Å². The van der Waals surface area contributed by atoms with Crippen LogP contribution < -0.4 is 5.32 Å². The van der Waals surface area contributed by atoms with Crippen LogP contribution in [0.2, 0.25) is 0 Å². The molecule has 1 saturated heterocycles. The molecule has 1 fully saturated rings. The lowest BCUT2D eigenvalue weighted by molar-refractivity contribution is 0.125. The van der Waals surface area contributed by atoms with Gasteiger partial charge in [-0.3, -0.25) is 0 Å². The van der Waals surface area contributed by atoms with E-state index in [4.69, 9.17) is 4.74 Å². The molecule has 0 aliphatic carbocycles. The average Bonchev–Trinajstić information content (AvgIpc) is 2.34. The van der Waals surface area contributed by atoms with Crippen LogP contribution >= 0.6 is 0 Å². The molecule has 102 valence electrons. The molecule has 1 aliphatic heterocycles. The minimum atomic E-state index is 0.480. The first-order valence-corrected chi connectivity index (χ1v) is 7.29. The third kappa shape index (κ3) is 6.39. The predicted octanol–water partition coefficient (Wildman–Crippen LogP) is 2.27. The number of rotatable bonds is 8. The zero-order valence-electron chi connectivity index (χ0n) is 11.9. The van der Waals surface area contributed by atoms with Gasteiger partial charge in [0.1, 0.15) is 0 Å². The largest absolute Gasteiger partial charge is 0.380 e. The Morgan fingerprint density at radius 3 is 2.94 bits per heavy atom. The van der Waals surface area contributed by atoms with E-state index < -0.39 is 0 Å². The molecular weight excluding hydrogens is 212 g/mol. The normalized spacial score (nSPS) is 23.8. The molecule has 3 nitrogen and oxygen atoms in total. The monoisotopic (exact) mass is 242 g/mol. The van der Waals surface area contributed by atoms with Crippen molar-refractivity contribution in [3.05, 3.63) is 0 Å².